The van der Waals surface area contributed by atoms with Gasteiger partial charge in [0, 0.05) is 16.9 Å². The Balaban J connectivity index is 1.45. The maximum atomic E-state index is 13.1. The van der Waals surface area contributed by atoms with Crippen molar-refractivity contribution in [3.05, 3.63) is 100 Å². The van der Waals surface area contributed by atoms with Crippen molar-refractivity contribution < 1.29 is 23.9 Å². The molecule has 3 amide bonds. The van der Waals surface area contributed by atoms with Crippen molar-refractivity contribution in [3.63, 3.8) is 0 Å². The molecule has 2 N–H and O–H groups in total. The van der Waals surface area contributed by atoms with Crippen LogP contribution in [0.4, 0.5) is 17.1 Å². The van der Waals surface area contributed by atoms with E-state index in [9.17, 15) is 19.2 Å². The van der Waals surface area contributed by atoms with Crippen LogP contribution in [0.3, 0.4) is 0 Å². The van der Waals surface area contributed by atoms with E-state index in [1.165, 1.54) is 24.3 Å². The molecule has 8 nitrogen and oxygen atoms in total. The van der Waals surface area contributed by atoms with Crippen LogP contribution in [0.25, 0.3) is 0 Å². The smallest absolute Gasteiger partial charge is 0.338 e. The summed E-state index contributed by atoms with van der Waals surface area (Å²) < 4.78 is 5.15. The number of nitrogens with zero attached hydrogens (tertiary/aromatic N) is 1. The number of amides is 3. The van der Waals surface area contributed by atoms with Crippen LogP contribution in [0.5, 0.6) is 0 Å². The zero-order valence-corrected chi connectivity index (χ0v) is 21.1. The summed E-state index contributed by atoms with van der Waals surface area (Å²) in [5.74, 6) is -2.12. The number of hydrogen-bond donors (Lipinski definition) is 2. The predicted molar refractivity (Wildman–Crippen MR) is 142 cm³/mol. The molecule has 4 rings (SSSR count). The van der Waals surface area contributed by atoms with Crippen LogP contribution in [0.2, 0.25) is 0 Å². The number of esters is 1. The number of carbonyl (C=O) groups excluding carboxylic acids is 4. The van der Waals surface area contributed by atoms with Crippen molar-refractivity contribution in [1.82, 2.24) is 0 Å². The first-order chi connectivity index (χ1) is 17.7. The lowest BCUT2D eigenvalue weighted by Gasteiger charge is -2.16. The molecule has 0 radical (unpaired) electrons. The first kappa shape index (κ1) is 25.7. The number of anilines is 3. The number of ether oxygens (including phenoxy) is 1. The average Bonchev–Trinajstić information content (AvgIpc) is 3.08. The van der Waals surface area contributed by atoms with Crippen LogP contribution in [0, 0.1) is 6.92 Å². The van der Waals surface area contributed by atoms with Gasteiger partial charge in [-0.3, -0.25) is 14.4 Å². The number of imide groups is 1. The number of benzene rings is 3. The van der Waals surface area contributed by atoms with Crippen molar-refractivity contribution in [1.29, 1.82) is 0 Å². The molecule has 3 aromatic carbocycles. The van der Waals surface area contributed by atoms with E-state index < -0.39 is 17.8 Å². The molecule has 0 saturated heterocycles. The van der Waals surface area contributed by atoms with Gasteiger partial charge in [0.15, 0.2) is 0 Å². The first-order valence-corrected chi connectivity index (χ1v) is 11.9. The van der Waals surface area contributed by atoms with E-state index in [0.717, 1.165) is 10.5 Å². The summed E-state index contributed by atoms with van der Waals surface area (Å²) in [6, 6.07) is 19.8. The number of halogens is 1. The molecule has 1 heterocycles. The molecular formula is C28H24ClN3O5. The molecule has 0 saturated carbocycles. The van der Waals surface area contributed by atoms with Crippen molar-refractivity contribution in [2.24, 2.45) is 0 Å². The van der Waals surface area contributed by atoms with Gasteiger partial charge in [-0.2, -0.15) is 0 Å². The Hall–Kier alpha value is -4.43. The third kappa shape index (κ3) is 5.54. The Bertz CT molecular complexity index is 1410. The van der Waals surface area contributed by atoms with Crippen LogP contribution in [0.15, 0.2) is 83.5 Å². The summed E-state index contributed by atoms with van der Waals surface area (Å²) in [7, 11) is 0. The quantitative estimate of drug-likeness (QED) is 0.328. The highest BCUT2D eigenvalue weighted by Gasteiger charge is 2.39. The highest BCUT2D eigenvalue weighted by Crippen LogP contribution is 2.30. The Morgan fingerprint density at radius 1 is 0.865 bits per heavy atom. The van der Waals surface area contributed by atoms with E-state index in [4.69, 9.17) is 16.3 Å². The number of carbonyl (C=O) groups is 4. The fourth-order valence-electron chi connectivity index (χ4n) is 3.63. The molecule has 0 unspecified atom stereocenters. The minimum atomic E-state index is -0.694. The fraction of sp³-hybridized carbons (Fsp3) is 0.143. The largest absolute Gasteiger partial charge is 0.459 e. The van der Waals surface area contributed by atoms with Gasteiger partial charge >= 0.3 is 5.97 Å². The molecule has 0 spiro atoms. The zero-order chi connectivity index (χ0) is 26.7. The summed E-state index contributed by atoms with van der Waals surface area (Å²) in [6.07, 6.45) is -0.276. The van der Waals surface area contributed by atoms with Gasteiger partial charge in [-0.05, 0) is 80.9 Å². The molecule has 0 fully saturated rings. The Morgan fingerprint density at radius 3 is 2.11 bits per heavy atom. The molecule has 0 bridgehead atoms. The highest BCUT2D eigenvalue weighted by atomic mass is 35.5. The second-order valence-corrected chi connectivity index (χ2v) is 8.98. The van der Waals surface area contributed by atoms with Crippen molar-refractivity contribution >= 4 is 52.4 Å². The number of hydrogen-bond acceptors (Lipinski definition) is 6. The number of nitrogens with one attached hydrogen (secondary N) is 2. The van der Waals surface area contributed by atoms with Gasteiger partial charge in [0.1, 0.15) is 10.7 Å². The van der Waals surface area contributed by atoms with E-state index >= 15 is 0 Å². The summed E-state index contributed by atoms with van der Waals surface area (Å²) >= 11 is 6.21. The summed E-state index contributed by atoms with van der Waals surface area (Å²) in [6.45, 7) is 5.38. The third-order valence-corrected chi connectivity index (χ3v) is 5.89. The first-order valence-electron chi connectivity index (χ1n) is 11.5. The summed E-state index contributed by atoms with van der Waals surface area (Å²) in [5, 5.41) is 5.47. The van der Waals surface area contributed by atoms with E-state index in [0.29, 0.717) is 22.5 Å². The van der Waals surface area contributed by atoms with Crippen molar-refractivity contribution in [2.45, 2.75) is 26.9 Å². The van der Waals surface area contributed by atoms with Gasteiger partial charge in [0.05, 0.1) is 17.4 Å². The van der Waals surface area contributed by atoms with Crippen LogP contribution in [0.1, 0.15) is 40.1 Å². The number of para-hydroxylation sites is 1. The molecule has 1 aliphatic heterocycles. The molecule has 9 heteroatoms. The van der Waals surface area contributed by atoms with Crippen molar-refractivity contribution in [3.8, 4) is 0 Å². The molecule has 37 heavy (non-hydrogen) atoms. The molecule has 0 atom stereocenters. The van der Waals surface area contributed by atoms with Crippen LogP contribution in [-0.2, 0) is 14.3 Å². The maximum Gasteiger partial charge on any atom is 0.338 e. The lowest BCUT2D eigenvalue weighted by Crippen LogP contribution is -2.32. The normalized spacial score (nSPS) is 13.3. The van der Waals surface area contributed by atoms with Gasteiger partial charge in [-0.15, -0.1) is 0 Å². The second-order valence-electron chi connectivity index (χ2n) is 8.61. The minimum Gasteiger partial charge on any atom is -0.459 e. The Kier molecular flexibility index (Phi) is 7.40. The lowest BCUT2D eigenvalue weighted by atomic mass is 10.1. The maximum absolute atomic E-state index is 13.1. The van der Waals surface area contributed by atoms with E-state index in [1.807, 2.05) is 31.2 Å². The van der Waals surface area contributed by atoms with Gasteiger partial charge in [-0.25, -0.2) is 9.69 Å². The Labute approximate surface area is 218 Å². The topological polar surface area (TPSA) is 105 Å². The highest BCUT2D eigenvalue weighted by molar-refractivity contribution is 6.53. The summed E-state index contributed by atoms with van der Waals surface area (Å²) in [5.41, 5.74) is 3.00. The van der Waals surface area contributed by atoms with E-state index in [2.05, 4.69) is 10.6 Å². The minimum absolute atomic E-state index is 0.0907. The molecular weight excluding hydrogens is 494 g/mol. The monoisotopic (exact) mass is 517 g/mol. The number of aryl methyl sites for hydroxylation is 1. The SMILES string of the molecule is Cc1ccccc1NC(=O)c1ccc(NC2=C(Cl)C(=O)N(c3ccc(C(=O)OC(C)C)cc3)C2=O)cc1. The van der Waals surface area contributed by atoms with Crippen LogP contribution < -0.4 is 15.5 Å². The second kappa shape index (κ2) is 10.7. The number of rotatable bonds is 7. The Morgan fingerprint density at radius 2 is 1.49 bits per heavy atom. The van der Waals surface area contributed by atoms with Gasteiger partial charge in [-0.1, -0.05) is 29.8 Å². The van der Waals surface area contributed by atoms with Crippen molar-refractivity contribution in [2.75, 3.05) is 15.5 Å². The van der Waals surface area contributed by atoms with E-state index in [1.54, 1.807) is 38.1 Å². The molecule has 0 aromatic heterocycles. The molecule has 0 aliphatic carbocycles. The lowest BCUT2D eigenvalue weighted by molar-refractivity contribution is -0.120. The molecule has 188 valence electrons. The van der Waals surface area contributed by atoms with Gasteiger partial charge in [0.2, 0.25) is 0 Å². The zero-order valence-electron chi connectivity index (χ0n) is 20.4. The third-order valence-electron chi connectivity index (χ3n) is 5.54. The van der Waals surface area contributed by atoms with Crippen LogP contribution in [-0.4, -0.2) is 29.8 Å². The van der Waals surface area contributed by atoms with Crippen LogP contribution >= 0.6 is 11.6 Å². The standard InChI is InChI=1S/C28H24ClN3O5/c1-16(2)37-28(36)19-10-14-21(15-11-19)32-26(34)23(29)24(27(32)35)30-20-12-8-18(9-13-20)25(33)31-22-7-5-4-6-17(22)3/h4-16,30H,1-3H3,(H,31,33). The fourth-order valence-corrected chi connectivity index (χ4v) is 3.84. The average molecular weight is 518 g/mol. The molecule has 1 aliphatic rings. The van der Waals surface area contributed by atoms with Gasteiger partial charge < -0.3 is 15.4 Å². The van der Waals surface area contributed by atoms with Gasteiger partial charge in [0.25, 0.3) is 17.7 Å². The predicted octanol–water partition coefficient (Wildman–Crippen LogP) is 5.25. The molecule has 3 aromatic rings. The van der Waals surface area contributed by atoms with E-state index in [-0.39, 0.29) is 28.4 Å². The summed E-state index contributed by atoms with van der Waals surface area (Å²) in [4.78, 5) is 51.4.